The van der Waals surface area contributed by atoms with Crippen LogP contribution in [0.4, 0.5) is 0 Å². The van der Waals surface area contributed by atoms with Crippen molar-refractivity contribution in [3.63, 3.8) is 0 Å². The molecule has 1 N–H and O–H groups in total. The molecule has 4 fully saturated rings. The summed E-state index contributed by atoms with van der Waals surface area (Å²) in [4.78, 5) is 8.42. The molecule has 5 rings (SSSR count). The Hall–Kier alpha value is -0.480. The highest BCUT2D eigenvalue weighted by Crippen LogP contribution is 2.55. The fourth-order valence-corrected chi connectivity index (χ4v) is 5.25. The van der Waals surface area contributed by atoms with E-state index in [0.717, 1.165) is 24.3 Å². The maximum atomic E-state index is 4.21. The van der Waals surface area contributed by atoms with Gasteiger partial charge in [0.05, 0.1) is 0 Å². The van der Waals surface area contributed by atoms with E-state index in [-0.39, 0.29) is 0 Å². The summed E-state index contributed by atoms with van der Waals surface area (Å²) < 4.78 is 0.672. The Morgan fingerprint density at radius 1 is 1.05 bits per heavy atom. The Kier molecular flexibility index (Phi) is 2.92. The third-order valence-electron chi connectivity index (χ3n) is 5.38. The van der Waals surface area contributed by atoms with Crippen molar-refractivity contribution in [1.29, 1.82) is 0 Å². The van der Waals surface area contributed by atoms with E-state index < -0.39 is 0 Å². The van der Waals surface area contributed by atoms with Crippen molar-refractivity contribution in [3.8, 4) is 0 Å². The predicted molar refractivity (Wildman–Crippen MR) is 77.5 cm³/mol. The summed E-state index contributed by atoms with van der Waals surface area (Å²) in [5.74, 6) is 3.00. The van der Waals surface area contributed by atoms with Crippen LogP contribution in [-0.2, 0) is 6.54 Å². The molecule has 4 aliphatic carbocycles. The molecule has 0 spiro atoms. The van der Waals surface area contributed by atoms with Gasteiger partial charge in [-0.15, -0.1) is 0 Å². The Morgan fingerprint density at radius 2 is 1.58 bits per heavy atom. The van der Waals surface area contributed by atoms with Crippen molar-refractivity contribution in [2.75, 3.05) is 0 Å². The second-order valence-electron chi connectivity index (χ2n) is 6.91. The molecule has 0 unspecified atom stereocenters. The minimum Gasteiger partial charge on any atom is -0.307 e. The van der Waals surface area contributed by atoms with Gasteiger partial charge < -0.3 is 5.32 Å². The highest BCUT2D eigenvalue weighted by atomic mass is 79.9. The lowest BCUT2D eigenvalue weighted by Crippen LogP contribution is -2.58. The van der Waals surface area contributed by atoms with Crippen molar-refractivity contribution in [2.24, 2.45) is 17.8 Å². The van der Waals surface area contributed by atoms with Gasteiger partial charge in [-0.1, -0.05) is 0 Å². The topological polar surface area (TPSA) is 37.8 Å². The number of rotatable bonds is 3. The highest BCUT2D eigenvalue weighted by Gasteiger charge is 2.50. The quantitative estimate of drug-likeness (QED) is 0.868. The summed E-state index contributed by atoms with van der Waals surface area (Å²) in [5, 5.41) is 3.87. The highest BCUT2D eigenvalue weighted by molar-refractivity contribution is 9.10. The smallest absolute Gasteiger partial charge is 0.196 e. The SMILES string of the molecule is Brc1ncc(CNC23CC4CC(CC(C4)C2)C3)cn1. The Bertz CT molecular complexity index is 435. The molecule has 102 valence electrons. The van der Waals surface area contributed by atoms with E-state index in [4.69, 9.17) is 0 Å². The van der Waals surface area contributed by atoms with Crippen LogP contribution in [0.25, 0.3) is 0 Å². The zero-order valence-electron chi connectivity index (χ0n) is 11.1. The summed E-state index contributed by atoms with van der Waals surface area (Å²) in [6, 6.07) is 0. The van der Waals surface area contributed by atoms with Crippen molar-refractivity contribution in [3.05, 3.63) is 22.7 Å². The first-order valence-corrected chi connectivity index (χ1v) is 8.21. The minimum absolute atomic E-state index is 0.432. The summed E-state index contributed by atoms with van der Waals surface area (Å²) in [6.45, 7) is 0.916. The van der Waals surface area contributed by atoms with Gasteiger partial charge >= 0.3 is 0 Å². The van der Waals surface area contributed by atoms with Crippen LogP contribution in [0.1, 0.15) is 44.1 Å². The van der Waals surface area contributed by atoms with Gasteiger partial charge in [0.15, 0.2) is 4.73 Å². The van der Waals surface area contributed by atoms with E-state index in [0.29, 0.717) is 10.3 Å². The third kappa shape index (κ3) is 2.33. The van der Waals surface area contributed by atoms with E-state index >= 15 is 0 Å². The first-order chi connectivity index (χ1) is 9.21. The van der Waals surface area contributed by atoms with Crippen LogP contribution in [0.2, 0.25) is 0 Å². The Labute approximate surface area is 122 Å². The van der Waals surface area contributed by atoms with Gasteiger partial charge in [0.2, 0.25) is 0 Å². The lowest BCUT2D eigenvalue weighted by molar-refractivity contribution is -0.0206. The normalized spacial score (nSPS) is 39.7. The van der Waals surface area contributed by atoms with Gasteiger partial charge in [0, 0.05) is 30.0 Å². The van der Waals surface area contributed by atoms with Crippen LogP contribution in [-0.4, -0.2) is 15.5 Å². The minimum atomic E-state index is 0.432. The number of halogens is 1. The second-order valence-corrected chi connectivity index (χ2v) is 7.62. The zero-order valence-corrected chi connectivity index (χ0v) is 12.7. The van der Waals surface area contributed by atoms with Gasteiger partial charge in [0.25, 0.3) is 0 Å². The van der Waals surface area contributed by atoms with Crippen LogP contribution in [0.5, 0.6) is 0 Å². The molecular weight excluding hydrogens is 302 g/mol. The number of aromatic nitrogens is 2. The predicted octanol–water partition coefficient (Wildman–Crippen LogP) is 3.30. The molecule has 19 heavy (non-hydrogen) atoms. The molecule has 0 amide bonds. The molecule has 4 aliphatic rings. The average molecular weight is 322 g/mol. The summed E-state index contributed by atoms with van der Waals surface area (Å²) >= 11 is 3.29. The Balaban J connectivity index is 1.46. The van der Waals surface area contributed by atoms with Crippen LogP contribution >= 0.6 is 15.9 Å². The number of nitrogens with zero attached hydrogens (tertiary/aromatic N) is 2. The molecule has 4 saturated carbocycles. The number of nitrogens with one attached hydrogen (secondary N) is 1. The monoisotopic (exact) mass is 321 g/mol. The fourth-order valence-electron chi connectivity index (χ4n) is 5.05. The van der Waals surface area contributed by atoms with Gasteiger partial charge in [-0.2, -0.15) is 0 Å². The van der Waals surface area contributed by atoms with Gasteiger partial charge in [0.1, 0.15) is 0 Å². The van der Waals surface area contributed by atoms with Crippen molar-refractivity contribution in [2.45, 2.75) is 50.6 Å². The van der Waals surface area contributed by atoms with Crippen LogP contribution in [0.15, 0.2) is 17.1 Å². The molecule has 1 aromatic heterocycles. The van der Waals surface area contributed by atoms with Crippen LogP contribution in [0, 0.1) is 17.8 Å². The first kappa shape index (κ1) is 12.3. The zero-order chi connectivity index (χ0) is 12.9. The number of hydrogen-bond acceptors (Lipinski definition) is 3. The van der Waals surface area contributed by atoms with Crippen molar-refractivity contribution >= 4 is 15.9 Å². The molecular formula is C15H20BrN3. The van der Waals surface area contributed by atoms with E-state index in [1.54, 1.807) is 0 Å². The lowest BCUT2D eigenvalue weighted by Gasteiger charge is -2.57. The number of hydrogen-bond donors (Lipinski definition) is 1. The molecule has 0 aliphatic heterocycles. The molecule has 0 atom stereocenters. The van der Waals surface area contributed by atoms with E-state index in [1.165, 1.54) is 44.1 Å². The van der Waals surface area contributed by atoms with Crippen LogP contribution < -0.4 is 5.32 Å². The fraction of sp³-hybridized carbons (Fsp3) is 0.733. The molecule has 1 heterocycles. The summed E-state index contributed by atoms with van der Waals surface area (Å²) in [5.41, 5.74) is 1.63. The lowest BCUT2D eigenvalue weighted by atomic mass is 9.53. The molecule has 1 aromatic rings. The van der Waals surface area contributed by atoms with Gasteiger partial charge in [-0.3, -0.25) is 0 Å². The molecule has 0 aromatic carbocycles. The van der Waals surface area contributed by atoms with Crippen molar-refractivity contribution < 1.29 is 0 Å². The molecule has 0 saturated heterocycles. The van der Waals surface area contributed by atoms with Gasteiger partial charge in [-0.25, -0.2) is 9.97 Å². The largest absolute Gasteiger partial charge is 0.307 e. The summed E-state index contributed by atoms with van der Waals surface area (Å²) in [6.07, 6.45) is 12.5. The van der Waals surface area contributed by atoms with Gasteiger partial charge in [-0.05, 0) is 72.2 Å². The average Bonchev–Trinajstić information content (AvgIpc) is 2.36. The van der Waals surface area contributed by atoms with E-state index in [2.05, 4.69) is 31.2 Å². The summed E-state index contributed by atoms with van der Waals surface area (Å²) in [7, 11) is 0. The molecule has 0 radical (unpaired) electrons. The molecule has 4 bridgehead atoms. The first-order valence-electron chi connectivity index (χ1n) is 7.42. The van der Waals surface area contributed by atoms with Crippen LogP contribution in [0.3, 0.4) is 0 Å². The van der Waals surface area contributed by atoms with Crippen molar-refractivity contribution in [1.82, 2.24) is 15.3 Å². The molecule has 4 heteroatoms. The maximum absolute atomic E-state index is 4.21. The maximum Gasteiger partial charge on any atom is 0.196 e. The van der Waals surface area contributed by atoms with E-state index in [9.17, 15) is 0 Å². The Morgan fingerprint density at radius 3 is 2.11 bits per heavy atom. The molecule has 3 nitrogen and oxygen atoms in total. The standard InChI is InChI=1S/C15H20BrN3/c16-14-17-7-13(8-18-14)9-19-15-4-10-1-11(5-15)3-12(2-10)6-15/h7-8,10-12,19H,1-6,9H2. The third-order valence-corrected chi connectivity index (χ3v) is 5.79. The second kappa shape index (κ2) is 4.52. The van der Waals surface area contributed by atoms with E-state index in [1.807, 2.05) is 12.4 Å².